The first kappa shape index (κ1) is 13.4. The largest absolute Gasteiger partial charge is 0.375 e. The van der Waals surface area contributed by atoms with E-state index >= 15 is 0 Å². The Labute approximate surface area is 107 Å². The smallest absolute Gasteiger partial charge is 0.0694 e. The second kappa shape index (κ2) is 5.27. The minimum absolute atomic E-state index is 0.235. The second-order valence-electron chi connectivity index (χ2n) is 7.04. The van der Waals surface area contributed by atoms with Crippen molar-refractivity contribution in [1.82, 2.24) is 5.32 Å². The molecule has 0 amide bonds. The maximum Gasteiger partial charge on any atom is 0.0694 e. The summed E-state index contributed by atoms with van der Waals surface area (Å²) in [6.07, 6.45) is 9.30. The van der Waals surface area contributed by atoms with Gasteiger partial charge in [0.1, 0.15) is 0 Å². The topological polar surface area (TPSA) is 21.3 Å². The molecule has 0 spiro atoms. The number of ether oxygens (including phenoxy) is 1. The summed E-state index contributed by atoms with van der Waals surface area (Å²) < 4.78 is 6.19. The zero-order chi connectivity index (χ0) is 12.4. The van der Waals surface area contributed by atoms with Crippen molar-refractivity contribution in [1.29, 1.82) is 0 Å². The highest BCUT2D eigenvalue weighted by Gasteiger charge is 2.38. The molecule has 2 fully saturated rings. The molecule has 1 N–H and O–H groups in total. The van der Waals surface area contributed by atoms with E-state index in [4.69, 9.17) is 4.74 Å². The third-order valence-corrected chi connectivity index (χ3v) is 4.13. The van der Waals surface area contributed by atoms with E-state index in [9.17, 15) is 0 Å². The highest BCUT2D eigenvalue weighted by Crippen LogP contribution is 2.40. The molecule has 0 aromatic rings. The Hall–Kier alpha value is -0.0800. The lowest BCUT2D eigenvalue weighted by molar-refractivity contribution is -0.106. The predicted molar refractivity (Wildman–Crippen MR) is 72.2 cm³/mol. The lowest BCUT2D eigenvalue weighted by Gasteiger charge is -2.42. The van der Waals surface area contributed by atoms with Crippen molar-refractivity contribution in [3.05, 3.63) is 0 Å². The summed E-state index contributed by atoms with van der Waals surface area (Å²) in [5.74, 6) is 1.000. The quantitative estimate of drug-likeness (QED) is 0.734. The fourth-order valence-corrected chi connectivity index (χ4v) is 2.55. The van der Waals surface area contributed by atoms with Crippen molar-refractivity contribution in [2.75, 3.05) is 13.2 Å². The SMILES string of the molecule is CC(C)(C)NCCC1(OCCC2CC2)CCC1. The summed E-state index contributed by atoms with van der Waals surface area (Å²) in [5, 5.41) is 3.58. The van der Waals surface area contributed by atoms with Gasteiger partial charge in [-0.15, -0.1) is 0 Å². The van der Waals surface area contributed by atoms with E-state index in [0.29, 0.717) is 0 Å². The second-order valence-corrected chi connectivity index (χ2v) is 7.04. The molecule has 0 radical (unpaired) electrons. The Morgan fingerprint density at radius 2 is 1.94 bits per heavy atom. The van der Waals surface area contributed by atoms with E-state index in [1.807, 2.05) is 0 Å². The van der Waals surface area contributed by atoms with Crippen LogP contribution in [0, 0.1) is 5.92 Å². The molecule has 2 saturated carbocycles. The van der Waals surface area contributed by atoms with E-state index in [2.05, 4.69) is 26.1 Å². The molecule has 2 aliphatic rings. The molecule has 0 unspecified atom stereocenters. The van der Waals surface area contributed by atoms with Crippen molar-refractivity contribution in [3.8, 4) is 0 Å². The number of nitrogens with one attached hydrogen (secondary N) is 1. The molecule has 17 heavy (non-hydrogen) atoms. The zero-order valence-corrected chi connectivity index (χ0v) is 11.8. The summed E-state index contributed by atoms with van der Waals surface area (Å²) >= 11 is 0. The molecule has 2 aliphatic carbocycles. The first-order valence-corrected chi connectivity index (χ1v) is 7.38. The van der Waals surface area contributed by atoms with Gasteiger partial charge in [0.2, 0.25) is 0 Å². The number of rotatable bonds is 7. The van der Waals surface area contributed by atoms with Crippen LogP contribution in [0.4, 0.5) is 0 Å². The molecule has 0 bridgehead atoms. The minimum atomic E-state index is 0.235. The van der Waals surface area contributed by atoms with Gasteiger partial charge in [-0.1, -0.05) is 12.8 Å². The molecular formula is C15H29NO. The molecular weight excluding hydrogens is 210 g/mol. The van der Waals surface area contributed by atoms with Crippen LogP contribution in [-0.2, 0) is 4.74 Å². The van der Waals surface area contributed by atoms with Crippen molar-refractivity contribution < 1.29 is 4.74 Å². The first-order valence-electron chi connectivity index (χ1n) is 7.38. The van der Waals surface area contributed by atoms with Gasteiger partial charge in [0, 0.05) is 12.1 Å². The van der Waals surface area contributed by atoms with Crippen LogP contribution in [-0.4, -0.2) is 24.3 Å². The fraction of sp³-hybridized carbons (Fsp3) is 1.00. The minimum Gasteiger partial charge on any atom is -0.375 e. The maximum absolute atomic E-state index is 6.19. The summed E-state index contributed by atoms with van der Waals surface area (Å²) in [5.41, 5.74) is 0.478. The Balaban J connectivity index is 1.63. The van der Waals surface area contributed by atoms with Gasteiger partial charge in [-0.25, -0.2) is 0 Å². The Morgan fingerprint density at radius 1 is 1.24 bits per heavy atom. The summed E-state index contributed by atoms with van der Waals surface area (Å²) in [4.78, 5) is 0. The highest BCUT2D eigenvalue weighted by atomic mass is 16.5. The van der Waals surface area contributed by atoms with Crippen LogP contribution in [0.2, 0.25) is 0 Å². The van der Waals surface area contributed by atoms with Crippen LogP contribution >= 0.6 is 0 Å². The van der Waals surface area contributed by atoms with Gasteiger partial charge in [-0.3, -0.25) is 0 Å². The van der Waals surface area contributed by atoms with E-state index in [1.54, 1.807) is 0 Å². The predicted octanol–water partition coefficient (Wildman–Crippen LogP) is 3.50. The molecule has 0 aliphatic heterocycles. The number of hydrogen-bond donors (Lipinski definition) is 1. The van der Waals surface area contributed by atoms with Gasteiger partial charge >= 0.3 is 0 Å². The van der Waals surface area contributed by atoms with Crippen LogP contribution < -0.4 is 5.32 Å². The monoisotopic (exact) mass is 239 g/mol. The molecule has 0 aromatic carbocycles. The third-order valence-electron chi connectivity index (χ3n) is 4.13. The van der Waals surface area contributed by atoms with E-state index in [1.165, 1.54) is 44.9 Å². The van der Waals surface area contributed by atoms with Gasteiger partial charge in [0.05, 0.1) is 5.60 Å². The van der Waals surface area contributed by atoms with Crippen LogP contribution in [0.5, 0.6) is 0 Å². The lowest BCUT2D eigenvalue weighted by Crippen LogP contribution is -2.45. The van der Waals surface area contributed by atoms with Crippen molar-refractivity contribution in [2.24, 2.45) is 5.92 Å². The first-order chi connectivity index (χ1) is 7.99. The van der Waals surface area contributed by atoms with Crippen molar-refractivity contribution in [2.45, 2.75) is 76.9 Å². The van der Waals surface area contributed by atoms with E-state index in [-0.39, 0.29) is 11.1 Å². The van der Waals surface area contributed by atoms with Crippen LogP contribution in [0.25, 0.3) is 0 Å². The molecule has 2 heteroatoms. The Bertz CT molecular complexity index is 236. The van der Waals surface area contributed by atoms with Gasteiger partial charge in [-0.2, -0.15) is 0 Å². The highest BCUT2D eigenvalue weighted by molar-refractivity contribution is 4.91. The maximum atomic E-state index is 6.19. The third kappa shape index (κ3) is 4.59. The average Bonchev–Trinajstić information content (AvgIpc) is 2.94. The Morgan fingerprint density at radius 3 is 2.41 bits per heavy atom. The summed E-state index contributed by atoms with van der Waals surface area (Å²) in [6.45, 7) is 8.78. The normalized spacial score (nSPS) is 23.5. The Kier molecular flexibility index (Phi) is 4.14. The van der Waals surface area contributed by atoms with Gasteiger partial charge in [-0.05, 0) is 65.3 Å². The van der Waals surface area contributed by atoms with Crippen molar-refractivity contribution in [3.63, 3.8) is 0 Å². The van der Waals surface area contributed by atoms with Gasteiger partial charge in [0.25, 0.3) is 0 Å². The van der Waals surface area contributed by atoms with Gasteiger partial charge < -0.3 is 10.1 Å². The lowest BCUT2D eigenvalue weighted by atomic mass is 9.77. The molecule has 100 valence electrons. The molecule has 2 rings (SSSR count). The van der Waals surface area contributed by atoms with Crippen molar-refractivity contribution >= 4 is 0 Å². The fourth-order valence-electron chi connectivity index (χ4n) is 2.55. The molecule has 2 nitrogen and oxygen atoms in total. The number of hydrogen-bond acceptors (Lipinski definition) is 2. The molecule has 0 atom stereocenters. The molecule has 0 heterocycles. The van der Waals surface area contributed by atoms with E-state index in [0.717, 1.165) is 19.1 Å². The van der Waals surface area contributed by atoms with Gasteiger partial charge in [0.15, 0.2) is 0 Å². The summed E-state index contributed by atoms with van der Waals surface area (Å²) in [6, 6.07) is 0. The van der Waals surface area contributed by atoms with Crippen LogP contribution in [0.15, 0.2) is 0 Å². The standard InChI is InChI=1S/C15H29NO/c1-14(2,3)16-11-10-15(8-4-9-15)17-12-7-13-5-6-13/h13,16H,4-12H2,1-3H3. The molecule has 0 saturated heterocycles. The van der Waals surface area contributed by atoms with Crippen LogP contribution in [0.1, 0.15) is 65.7 Å². The summed E-state index contributed by atoms with van der Waals surface area (Å²) in [7, 11) is 0. The zero-order valence-electron chi connectivity index (χ0n) is 11.8. The van der Waals surface area contributed by atoms with E-state index < -0.39 is 0 Å². The average molecular weight is 239 g/mol. The van der Waals surface area contributed by atoms with Crippen LogP contribution in [0.3, 0.4) is 0 Å². The molecule has 0 aromatic heterocycles.